The second-order valence-corrected chi connectivity index (χ2v) is 5.96. The lowest BCUT2D eigenvalue weighted by Gasteiger charge is -2.26. The Bertz CT molecular complexity index is 791. The molecule has 1 aliphatic rings. The Hall–Kier alpha value is -2.56. The van der Waals surface area contributed by atoms with Crippen molar-refractivity contribution in [3.8, 4) is 0 Å². The van der Waals surface area contributed by atoms with E-state index in [1.165, 1.54) is 11.3 Å². The molecule has 2 aromatic rings. The van der Waals surface area contributed by atoms with Crippen molar-refractivity contribution in [2.75, 3.05) is 17.6 Å². The molecule has 2 heterocycles. The molecule has 3 rings (SSSR count). The predicted molar refractivity (Wildman–Crippen MR) is 95.8 cm³/mol. The van der Waals surface area contributed by atoms with Crippen LogP contribution < -0.4 is 16.4 Å². The number of nitrogens with one attached hydrogen (secondary N) is 2. The molecule has 0 aliphatic carbocycles. The van der Waals surface area contributed by atoms with E-state index in [2.05, 4.69) is 47.4 Å². The van der Waals surface area contributed by atoms with E-state index in [1.54, 1.807) is 0 Å². The van der Waals surface area contributed by atoms with Crippen LogP contribution in [0.5, 0.6) is 0 Å². The fourth-order valence-corrected chi connectivity index (χ4v) is 2.91. The summed E-state index contributed by atoms with van der Waals surface area (Å²) in [7, 11) is 0. The maximum absolute atomic E-state index is 6.04. The van der Waals surface area contributed by atoms with Crippen molar-refractivity contribution in [3.63, 3.8) is 0 Å². The number of nitrogen functional groups attached to an aromatic ring is 1. The third-order valence-corrected chi connectivity index (χ3v) is 4.27. The Labute approximate surface area is 136 Å². The molecule has 1 aromatic carbocycles. The van der Waals surface area contributed by atoms with Crippen molar-refractivity contribution in [1.82, 2.24) is 15.3 Å². The molecule has 0 bridgehead atoms. The van der Waals surface area contributed by atoms with Gasteiger partial charge in [-0.1, -0.05) is 37.6 Å². The van der Waals surface area contributed by atoms with Gasteiger partial charge in [0.2, 0.25) is 5.95 Å². The molecule has 5 heteroatoms. The number of para-hydroxylation sites is 1. The summed E-state index contributed by atoms with van der Waals surface area (Å²) < 4.78 is 0. The van der Waals surface area contributed by atoms with E-state index in [1.807, 2.05) is 24.3 Å². The van der Waals surface area contributed by atoms with Crippen molar-refractivity contribution in [2.24, 2.45) is 5.92 Å². The first-order valence-corrected chi connectivity index (χ1v) is 8.02. The first-order chi connectivity index (χ1) is 11.1. The third kappa shape index (κ3) is 3.13. The quantitative estimate of drug-likeness (QED) is 0.810. The number of anilines is 2. The van der Waals surface area contributed by atoms with Gasteiger partial charge in [0.1, 0.15) is 5.82 Å². The Kier molecular flexibility index (Phi) is 4.19. The zero-order chi connectivity index (χ0) is 16.4. The number of nitrogens with zero attached hydrogens (tertiary/aromatic N) is 2. The van der Waals surface area contributed by atoms with Crippen molar-refractivity contribution >= 4 is 22.7 Å². The summed E-state index contributed by atoms with van der Waals surface area (Å²) in [6, 6.07) is 7.77. The fraction of sp³-hybridized carbons (Fsp3) is 0.333. The van der Waals surface area contributed by atoms with Crippen LogP contribution in [0.3, 0.4) is 0 Å². The number of allylic oxidation sites excluding steroid dienone is 2. The molecule has 0 radical (unpaired) electrons. The van der Waals surface area contributed by atoms with Gasteiger partial charge < -0.3 is 16.4 Å². The monoisotopic (exact) mass is 309 g/mol. The molecule has 1 atom stereocenters. The highest BCUT2D eigenvalue weighted by atomic mass is 15.1. The lowest BCUT2D eigenvalue weighted by atomic mass is 9.97. The summed E-state index contributed by atoms with van der Waals surface area (Å²) in [5, 5.41) is 7.68. The van der Waals surface area contributed by atoms with Gasteiger partial charge in [-0.2, -0.15) is 4.98 Å². The van der Waals surface area contributed by atoms with Crippen LogP contribution in [-0.4, -0.2) is 16.5 Å². The summed E-state index contributed by atoms with van der Waals surface area (Å²) in [4.78, 5) is 8.91. The average molecular weight is 309 g/mol. The van der Waals surface area contributed by atoms with Crippen molar-refractivity contribution in [3.05, 3.63) is 47.3 Å². The Morgan fingerprint density at radius 1 is 1.35 bits per heavy atom. The normalized spacial score (nSPS) is 20.0. The molecule has 5 nitrogen and oxygen atoms in total. The van der Waals surface area contributed by atoms with Crippen LogP contribution in [0.4, 0.5) is 11.8 Å². The molecule has 0 fully saturated rings. The topological polar surface area (TPSA) is 75.9 Å². The van der Waals surface area contributed by atoms with E-state index in [4.69, 9.17) is 5.73 Å². The van der Waals surface area contributed by atoms with Crippen LogP contribution in [0.15, 0.2) is 47.3 Å². The van der Waals surface area contributed by atoms with Crippen molar-refractivity contribution in [1.29, 1.82) is 0 Å². The van der Waals surface area contributed by atoms with E-state index >= 15 is 0 Å². The van der Waals surface area contributed by atoms with Gasteiger partial charge in [-0.15, -0.1) is 0 Å². The summed E-state index contributed by atoms with van der Waals surface area (Å²) >= 11 is 0. The number of nitrogens with two attached hydrogens (primary N) is 1. The highest BCUT2D eigenvalue weighted by Gasteiger charge is 2.17. The molecule has 4 N–H and O–H groups in total. The van der Waals surface area contributed by atoms with Crippen molar-refractivity contribution in [2.45, 2.75) is 27.2 Å². The lowest BCUT2D eigenvalue weighted by Crippen LogP contribution is -2.30. The number of rotatable bonds is 3. The Morgan fingerprint density at radius 3 is 2.87 bits per heavy atom. The van der Waals surface area contributed by atoms with Gasteiger partial charge in [-0.3, -0.25) is 0 Å². The molecule has 0 amide bonds. The van der Waals surface area contributed by atoms with Crippen molar-refractivity contribution < 1.29 is 0 Å². The van der Waals surface area contributed by atoms with E-state index in [-0.39, 0.29) is 0 Å². The van der Waals surface area contributed by atoms with E-state index < -0.39 is 0 Å². The standard InChI is InChI=1S/C18H23N5/c1-4-11(2)16-12(3)9-13(10-20-16)21-18-22-15-8-6-5-7-14(15)17(19)23-18/h5-9,12,20H,4,10H2,1-3H3,(H3,19,21,22,23)/b16-11-. The Morgan fingerprint density at radius 2 is 2.13 bits per heavy atom. The molecular formula is C18H23N5. The van der Waals surface area contributed by atoms with E-state index in [9.17, 15) is 0 Å². The smallest absolute Gasteiger partial charge is 0.229 e. The summed E-state index contributed by atoms with van der Waals surface area (Å²) in [6.45, 7) is 7.29. The third-order valence-electron chi connectivity index (χ3n) is 4.27. The van der Waals surface area contributed by atoms with Crippen LogP contribution >= 0.6 is 0 Å². The molecule has 0 spiro atoms. The fourth-order valence-electron chi connectivity index (χ4n) is 2.91. The molecular weight excluding hydrogens is 286 g/mol. The second kappa shape index (κ2) is 6.28. The highest BCUT2D eigenvalue weighted by Crippen LogP contribution is 2.23. The molecule has 23 heavy (non-hydrogen) atoms. The lowest BCUT2D eigenvalue weighted by molar-refractivity contribution is 0.666. The van der Waals surface area contributed by atoms with Gasteiger partial charge in [0.15, 0.2) is 0 Å². The summed E-state index contributed by atoms with van der Waals surface area (Å²) in [5.74, 6) is 1.39. The predicted octanol–water partition coefficient (Wildman–Crippen LogP) is 3.43. The van der Waals surface area contributed by atoms with Gasteiger partial charge in [0.25, 0.3) is 0 Å². The average Bonchev–Trinajstić information content (AvgIpc) is 2.54. The minimum Gasteiger partial charge on any atom is -0.383 e. The van der Waals surface area contributed by atoms with Gasteiger partial charge >= 0.3 is 0 Å². The van der Waals surface area contributed by atoms with E-state index in [0.29, 0.717) is 17.7 Å². The van der Waals surface area contributed by atoms with Crippen LogP contribution in [0.1, 0.15) is 27.2 Å². The van der Waals surface area contributed by atoms with Crippen LogP contribution in [0.2, 0.25) is 0 Å². The van der Waals surface area contributed by atoms with Gasteiger partial charge in [-0.05, 0) is 25.5 Å². The maximum Gasteiger partial charge on any atom is 0.229 e. The first kappa shape index (κ1) is 15.3. The number of benzene rings is 1. The van der Waals surface area contributed by atoms with Gasteiger partial charge in [-0.25, -0.2) is 4.98 Å². The number of aromatic nitrogens is 2. The van der Waals surface area contributed by atoms with Crippen LogP contribution in [-0.2, 0) is 0 Å². The molecule has 1 aromatic heterocycles. The minimum atomic E-state index is 0.351. The number of hydrogen-bond donors (Lipinski definition) is 3. The highest BCUT2D eigenvalue weighted by molar-refractivity contribution is 5.88. The Balaban J connectivity index is 1.86. The first-order valence-electron chi connectivity index (χ1n) is 8.02. The molecule has 1 unspecified atom stereocenters. The van der Waals surface area contributed by atoms with Gasteiger partial charge in [0.05, 0.1) is 12.1 Å². The zero-order valence-electron chi connectivity index (χ0n) is 13.9. The number of hydrogen-bond acceptors (Lipinski definition) is 5. The zero-order valence-corrected chi connectivity index (χ0v) is 13.9. The minimum absolute atomic E-state index is 0.351. The van der Waals surface area contributed by atoms with Crippen LogP contribution in [0, 0.1) is 5.92 Å². The summed E-state index contributed by atoms with van der Waals surface area (Å²) in [5.41, 5.74) is 10.7. The van der Waals surface area contributed by atoms with Gasteiger partial charge in [0, 0.05) is 22.7 Å². The summed E-state index contributed by atoms with van der Waals surface area (Å²) in [6.07, 6.45) is 3.29. The SMILES string of the molecule is CC/C(C)=C1\NCC(Nc2nc(N)c3ccccc3n2)=CC1C. The molecule has 1 aliphatic heterocycles. The van der Waals surface area contributed by atoms with Crippen LogP contribution in [0.25, 0.3) is 10.9 Å². The van der Waals surface area contributed by atoms with E-state index in [0.717, 1.165) is 29.6 Å². The number of fused-ring (bicyclic) bond motifs is 1. The molecule has 120 valence electrons. The molecule has 0 saturated heterocycles. The second-order valence-electron chi connectivity index (χ2n) is 5.96. The largest absolute Gasteiger partial charge is 0.383 e. The molecule has 0 saturated carbocycles. The maximum atomic E-state index is 6.04.